The van der Waals surface area contributed by atoms with Crippen LogP contribution in [0, 0.1) is 17.0 Å². The maximum atomic E-state index is 11.1. The Bertz CT molecular complexity index is 487. The first-order valence-electron chi connectivity index (χ1n) is 6.66. The minimum Gasteiger partial charge on any atom is -0.383 e. The number of aromatic nitrogens is 1. The second-order valence-electron chi connectivity index (χ2n) is 5.18. The summed E-state index contributed by atoms with van der Waals surface area (Å²) in [5.41, 5.74) is 0.472. The largest absolute Gasteiger partial charge is 0.383 e. The van der Waals surface area contributed by atoms with Gasteiger partial charge in [-0.15, -0.1) is 0 Å². The molecule has 0 aromatic carbocycles. The maximum Gasteiger partial charge on any atom is 0.314 e. The quantitative estimate of drug-likeness (QED) is 0.606. The van der Waals surface area contributed by atoms with Gasteiger partial charge < -0.3 is 15.4 Å². The monoisotopic (exact) mass is 280 g/mol. The second kappa shape index (κ2) is 6.15. The standard InChI is InChI=1S/C13H20N4O3/c1-10-4-7-14-12(11(10)17(18)19)15-8-13(9-20-2)5-3-6-16-13/h4,7,16H,3,5-6,8-9H2,1-2H3,(H,14,15). The summed E-state index contributed by atoms with van der Waals surface area (Å²) in [6, 6.07) is 1.64. The van der Waals surface area contributed by atoms with Crippen LogP contribution in [-0.2, 0) is 4.74 Å². The highest BCUT2D eigenvalue weighted by Crippen LogP contribution is 2.27. The van der Waals surface area contributed by atoms with Crippen molar-refractivity contribution in [3.8, 4) is 0 Å². The van der Waals surface area contributed by atoms with Crippen LogP contribution in [0.2, 0.25) is 0 Å². The molecule has 7 heteroatoms. The van der Waals surface area contributed by atoms with E-state index in [1.54, 1.807) is 26.3 Å². The van der Waals surface area contributed by atoms with Gasteiger partial charge in [-0.3, -0.25) is 10.1 Å². The molecule has 0 saturated carbocycles. The molecule has 2 N–H and O–H groups in total. The molecule has 2 heterocycles. The fourth-order valence-electron chi connectivity index (χ4n) is 2.63. The van der Waals surface area contributed by atoms with Crippen LogP contribution in [0.1, 0.15) is 18.4 Å². The highest BCUT2D eigenvalue weighted by molar-refractivity contribution is 5.59. The number of nitrogens with one attached hydrogen (secondary N) is 2. The predicted octanol–water partition coefficient (Wildman–Crippen LogP) is 1.48. The summed E-state index contributed by atoms with van der Waals surface area (Å²) >= 11 is 0. The van der Waals surface area contributed by atoms with Crippen molar-refractivity contribution in [3.63, 3.8) is 0 Å². The van der Waals surface area contributed by atoms with Crippen LogP contribution in [-0.4, -0.2) is 42.3 Å². The van der Waals surface area contributed by atoms with Crippen LogP contribution in [0.4, 0.5) is 11.5 Å². The molecule has 1 aliphatic heterocycles. The first-order chi connectivity index (χ1) is 9.58. The van der Waals surface area contributed by atoms with E-state index in [4.69, 9.17) is 4.74 Å². The lowest BCUT2D eigenvalue weighted by molar-refractivity contribution is -0.384. The number of aryl methyl sites for hydroxylation is 1. The van der Waals surface area contributed by atoms with Gasteiger partial charge in [-0.25, -0.2) is 4.98 Å². The van der Waals surface area contributed by atoms with Crippen LogP contribution in [0.5, 0.6) is 0 Å². The summed E-state index contributed by atoms with van der Waals surface area (Å²) in [4.78, 5) is 14.8. The van der Waals surface area contributed by atoms with Crippen molar-refractivity contribution in [2.45, 2.75) is 25.3 Å². The van der Waals surface area contributed by atoms with Crippen LogP contribution in [0.25, 0.3) is 0 Å². The van der Waals surface area contributed by atoms with Crippen LogP contribution in [0.3, 0.4) is 0 Å². The van der Waals surface area contributed by atoms with E-state index < -0.39 is 4.92 Å². The van der Waals surface area contributed by atoms with Gasteiger partial charge in [-0.1, -0.05) is 0 Å². The topological polar surface area (TPSA) is 89.3 Å². The third kappa shape index (κ3) is 3.05. The van der Waals surface area contributed by atoms with E-state index in [0.717, 1.165) is 19.4 Å². The minimum absolute atomic E-state index is 0.0399. The summed E-state index contributed by atoms with van der Waals surface area (Å²) in [7, 11) is 1.66. The lowest BCUT2D eigenvalue weighted by atomic mass is 9.98. The molecule has 110 valence electrons. The molecule has 1 fully saturated rings. The molecule has 2 rings (SSSR count). The Labute approximate surface area is 117 Å². The Morgan fingerprint density at radius 3 is 3.05 bits per heavy atom. The van der Waals surface area contributed by atoms with Crippen molar-refractivity contribution >= 4 is 11.5 Å². The van der Waals surface area contributed by atoms with E-state index in [0.29, 0.717) is 24.5 Å². The number of methoxy groups -OCH3 is 1. The van der Waals surface area contributed by atoms with Gasteiger partial charge in [-0.2, -0.15) is 0 Å². The fraction of sp³-hybridized carbons (Fsp3) is 0.615. The molecule has 0 amide bonds. The molecule has 0 spiro atoms. The van der Waals surface area contributed by atoms with E-state index in [1.165, 1.54) is 0 Å². The molecule has 1 aromatic heterocycles. The van der Waals surface area contributed by atoms with Crippen LogP contribution < -0.4 is 10.6 Å². The van der Waals surface area contributed by atoms with Crippen molar-refractivity contribution in [3.05, 3.63) is 27.9 Å². The Balaban J connectivity index is 2.14. The molecule has 0 aliphatic carbocycles. The summed E-state index contributed by atoms with van der Waals surface area (Å²) < 4.78 is 5.26. The molecule has 1 unspecified atom stereocenters. The van der Waals surface area contributed by atoms with Gasteiger partial charge in [0.15, 0.2) is 0 Å². The lowest BCUT2D eigenvalue weighted by Crippen LogP contribution is -2.49. The van der Waals surface area contributed by atoms with Crippen LogP contribution in [0.15, 0.2) is 12.3 Å². The highest BCUT2D eigenvalue weighted by atomic mass is 16.6. The van der Waals surface area contributed by atoms with Gasteiger partial charge in [0.25, 0.3) is 0 Å². The van der Waals surface area contributed by atoms with Gasteiger partial charge in [0.2, 0.25) is 5.82 Å². The zero-order chi connectivity index (χ0) is 14.6. The first kappa shape index (κ1) is 14.7. The molecule has 1 aromatic rings. The number of hydrogen-bond donors (Lipinski definition) is 2. The number of nitro groups is 1. The Morgan fingerprint density at radius 2 is 2.45 bits per heavy atom. The Morgan fingerprint density at radius 1 is 1.65 bits per heavy atom. The summed E-state index contributed by atoms with van der Waals surface area (Å²) in [5, 5.41) is 17.7. The minimum atomic E-state index is -0.393. The molecule has 1 saturated heterocycles. The molecule has 1 aliphatic rings. The number of nitrogens with zero attached hydrogens (tertiary/aromatic N) is 2. The number of pyridine rings is 1. The number of hydrogen-bond acceptors (Lipinski definition) is 6. The lowest BCUT2D eigenvalue weighted by Gasteiger charge is -2.29. The van der Waals surface area contributed by atoms with Crippen LogP contribution >= 0.6 is 0 Å². The van der Waals surface area contributed by atoms with E-state index in [1.807, 2.05) is 0 Å². The number of ether oxygens (including phenoxy) is 1. The van der Waals surface area contributed by atoms with Crippen molar-refractivity contribution in [2.24, 2.45) is 0 Å². The Hall–Kier alpha value is -1.73. The number of anilines is 1. The van der Waals surface area contributed by atoms with Gasteiger partial charge in [0.1, 0.15) is 0 Å². The molecule has 20 heavy (non-hydrogen) atoms. The fourth-order valence-corrected chi connectivity index (χ4v) is 2.63. The van der Waals surface area contributed by atoms with Gasteiger partial charge >= 0.3 is 5.69 Å². The third-order valence-corrected chi connectivity index (χ3v) is 3.66. The highest BCUT2D eigenvalue weighted by Gasteiger charge is 2.34. The average molecular weight is 280 g/mol. The summed E-state index contributed by atoms with van der Waals surface area (Å²) in [6.07, 6.45) is 3.64. The SMILES string of the molecule is COCC1(CNc2nccc(C)c2[N+](=O)[O-])CCCN1. The molecule has 0 radical (unpaired) electrons. The maximum absolute atomic E-state index is 11.1. The van der Waals surface area contributed by atoms with Gasteiger partial charge in [-0.05, 0) is 32.4 Å². The molecule has 0 bridgehead atoms. The first-order valence-corrected chi connectivity index (χ1v) is 6.66. The third-order valence-electron chi connectivity index (χ3n) is 3.66. The van der Waals surface area contributed by atoms with Crippen molar-refractivity contribution in [2.75, 3.05) is 32.1 Å². The van der Waals surface area contributed by atoms with E-state index in [-0.39, 0.29) is 11.2 Å². The summed E-state index contributed by atoms with van der Waals surface area (Å²) in [6.45, 7) is 3.77. The normalized spacial score (nSPS) is 21.9. The average Bonchev–Trinajstić information content (AvgIpc) is 2.85. The summed E-state index contributed by atoms with van der Waals surface area (Å²) in [5.74, 6) is 0.319. The van der Waals surface area contributed by atoms with E-state index in [9.17, 15) is 10.1 Å². The molecule has 1 atom stereocenters. The van der Waals surface area contributed by atoms with Crippen molar-refractivity contribution in [1.82, 2.24) is 10.3 Å². The smallest absolute Gasteiger partial charge is 0.314 e. The zero-order valence-corrected chi connectivity index (χ0v) is 11.8. The molecular weight excluding hydrogens is 260 g/mol. The van der Waals surface area contributed by atoms with Gasteiger partial charge in [0.05, 0.1) is 17.1 Å². The van der Waals surface area contributed by atoms with Crippen molar-refractivity contribution < 1.29 is 9.66 Å². The zero-order valence-electron chi connectivity index (χ0n) is 11.8. The molecular formula is C13H20N4O3. The van der Waals surface area contributed by atoms with E-state index in [2.05, 4.69) is 15.6 Å². The van der Waals surface area contributed by atoms with Crippen molar-refractivity contribution in [1.29, 1.82) is 0 Å². The predicted molar refractivity (Wildman–Crippen MR) is 76.0 cm³/mol. The Kier molecular flexibility index (Phi) is 4.51. The number of rotatable bonds is 6. The van der Waals surface area contributed by atoms with Gasteiger partial charge in [0, 0.05) is 25.4 Å². The second-order valence-corrected chi connectivity index (χ2v) is 5.18. The molecule has 7 nitrogen and oxygen atoms in total. The van der Waals surface area contributed by atoms with E-state index >= 15 is 0 Å².